The molecule has 0 fully saturated rings. The van der Waals surface area contributed by atoms with Crippen LogP contribution in [0.1, 0.15) is 22.5 Å². The molecule has 4 N–H and O–H groups in total. The van der Waals surface area contributed by atoms with Crippen LogP contribution < -0.4 is 10.6 Å². The molecule has 8 nitrogen and oxygen atoms in total. The van der Waals surface area contributed by atoms with Gasteiger partial charge in [-0.15, -0.1) is 0 Å². The smallest absolute Gasteiger partial charge is 0.427 e. The van der Waals surface area contributed by atoms with Crippen LogP contribution in [0.4, 0.5) is 0 Å². The van der Waals surface area contributed by atoms with Gasteiger partial charge in [-0.1, -0.05) is 30.3 Å². The Bertz CT molecular complexity index is 700. The zero-order valence-electron chi connectivity index (χ0n) is 14.2. The lowest BCUT2D eigenvalue weighted by Crippen LogP contribution is -2.48. The van der Waals surface area contributed by atoms with E-state index >= 15 is 0 Å². The highest BCUT2D eigenvalue weighted by Gasteiger charge is 2.22. The lowest BCUT2D eigenvalue weighted by atomic mass is 9.84. The molecular formula is C17H21BN4O4. The number of hydrogen-bond donors (Lipinski definition) is 4. The van der Waals surface area contributed by atoms with Crippen LogP contribution in [0.5, 0.6) is 0 Å². The van der Waals surface area contributed by atoms with E-state index in [4.69, 9.17) is 10.0 Å². The topological polar surface area (TPSA) is 124 Å². The van der Waals surface area contributed by atoms with Crippen molar-refractivity contribution in [2.75, 3.05) is 6.54 Å². The Balaban J connectivity index is 2.01. The predicted octanol–water partition coefficient (Wildman–Crippen LogP) is -0.203. The van der Waals surface area contributed by atoms with E-state index in [-0.39, 0.29) is 24.5 Å². The van der Waals surface area contributed by atoms with E-state index in [0.29, 0.717) is 12.8 Å². The van der Waals surface area contributed by atoms with E-state index in [0.717, 1.165) is 5.56 Å². The van der Waals surface area contributed by atoms with Gasteiger partial charge >= 0.3 is 7.12 Å². The molecule has 136 valence electrons. The van der Waals surface area contributed by atoms with Gasteiger partial charge in [0.25, 0.3) is 5.91 Å². The normalized spacial score (nSPS) is 11.5. The maximum absolute atomic E-state index is 12.5. The third kappa shape index (κ3) is 6.62. The molecule has 0 bridgehead atoms. The summed E-state index contributed by atoms with van der Waals surface area (Å²) in [6, 6.07) is 8.55. The molecule has 1 heterocycles. The van der Waals surface area contributed by atoms with Crippen molar-refractivity contribution in [3.8, 4) is 0 Å². The first kappa shape index (κ1) is 19.5. The lowest BCUT2D eigenvalue weighted by Gasteiger charge is -2.18. The largest absolute Gasteiger partial charge is 0.451 e. The molecule has 0 unspecified atom stereocenters. The Morgan fingerprint density at radius 1 is 1.15 bits per heavy atom. The highest BCUT2D eigenvalue weighted by Crippen LogP contribution is 2.05. The predicted molar refractivity (Wildman–Crippen MR) is 96.1 cm³/mol. The number of nitrogens with zero attached hydrogens (tertiary/aromatic N) is 2. The van der Waals surface area contributed by atoms with Crippen LogP contribution in [0.25, 0.3) is 0 Å². The monoisotopic (exact) mass is 356 g/mol. The molecule has 26 heavy (non-hydrogen) atoms. The second-order valence-electron chi connectivity index (χ2n) is 5.72. The highest BCUT2D eigenvalue weighted by molar-refractivity contribution is 6.40. The van der Waals surface area contributed by atoms with Crippen molar-refractivity contribution in [2.45, 2.75) is 25.2 Å². The molecule has 1 atom stereocenters. The summed E-state index contributed by atoms with van der Waals surface area (Å²) in [5.41, 5.74) is 1.03. The Morgan fingerprint density at radius 2 is 1.92 bits per heavy atom. The third-order valence-corrected chi connectivity index (χ3v) is 3.64. The van der Waals surface area contributed by atoms with Gasteiger partial charge in [-0.25, -0.2) is 4.98 Å². The zero-order chi connectivity index (χ0) is 18.8. The fourth-order valence-corrected chi connectivity index (χ4v) is 2.33. The van der Waals surface area contributed by atoms with Crippen molar-refractivity contribution in [3.05, 3.63) is 60.2 Å². The molecule has 1 aromatic heterocycles. The van der Waals surface area contributed by atoms with Crippen molar-refractivity contribution < 1.29 is 19.6 Å². The summed E-state index contributed by atoms with van der Waals surface area (Å²) in [6.07, 6.45) is 5.09. The first-order valence-corrected chi connectivity index (χ1v) is 8.31. The Labute approximate surface area is 151 Å². The van der Waals surface area contributed by atoms with Gasteiger partial charge in [0, 0.05) is 25.4 Å². The molecule has 2 rings (SSSR count). The van der Waals surface area contributed by atoms with Crippen LogP contribution in [0.15, 0.2) is 48.9 Å². The first-order chi connectivity index (χ1) is 12.6. The summed E-state index contributed by atoms with van der Waals surface area (Å²) in [4.78, 5) is 32.6. The minimum Gasteiger partial charge on any atom is -0.427 e. The van der Waals surface area contributed by atoms with Crippen molar-refractivity contribution in [2.24, 2.45) is 0 Å². The molecule has 1 aromatic carbocycles. The average Bonchev–Trinajstić information content (AvgIpc) is 2.66. The van der Waals surface area contributed by atoms with Gasteiger partial charge in [0.1, 0.15) is 11.7 Å². The van der Waals surface area contributed by atoms with E-state index in [2.05, 4.69) is 20.6 Å². The second kappa shape index (κ2) is 10.3. The third-order valence-electron chi connectivity index (χ3n) is 3.64. The number of carbonyl (C=O) groups excluding carboxylic acids is 2. The number of hydrogen-bond acceptors (Lipinski definition) is 6. The number of rotatable bonds is 9. The molecule has 0 saturated heterocycles. The number of nitrogens with one attached hydrogen (secondary N) is 2. The fraction of sp³-hybridized carbons (Fsp3) is 0.294. The summed E-state index contributed by atoms with van der Waals surface area (Å²) in [5.74, 6) is -0.835. The van der Waals surface area contributed by atoms with Crippen LogP contribution in [0.2, 0.25) is 6.32 Å². The van der Waals surface area contributed by atoms with Gasteiger partial charge in [-0.05, 0) is 18.3 Å². The molecule has 2 amide bonds. The second-order valence-corrected chi connectivity index (χ2v) is 5.72. The molecule has 0 aliphatic heterocycles. The fourth-order valence-electron chi connectivity index (χ4n) is 2.33. The van der Waals surface area contributed by atoms with E-state index < -0.39 is 19.1 Å². The number of carbonyl (C=O) groups is 2. The number of amides is 2. The van der Waals surface area contributed by atoms with Gasteiger partial charge < -0.3 is 20.7 Å². The molecule has 9 heteroatoms. The van der Waals surface area contributed by atoms with Crippen LogP contribution in [0, 0.1) is 0 Å². The molecule has 0 radical (unpaired) electrons. The minimum absolute atomic E-state index is 0.127. The van der Waals surface area contributed by atoms with E-state index in [9.17, 15) is 9.59 Å². The summed E-state index contributed by atoms with van der Waals surface area (Å²) < 4.78 is 0. The minimum atomic E-state index is -1.40. The molecule has 0 aliphatic rings. The van der Waals surface area contributed by atoms with Crippen LogP contribution >= 0.6 is 0 Å². The molecule has 0 saturated carbocycles. The summed E-state index contributed by atoms with van der Waals surface area (Å²) in [7, 11) is -1.40. The van der Waals surface area contributed by atoms with Crippen LogP contribution in [-0.2, 0) is 11.2 Å². The van der Waals surface area contributed by atoms with Crippen molar-refractivity contribution in [1.29, 1.82) is 0 Å². The van der Waals surface area contributed by atoms with Crippen molar-refractivity contribution in [1.82, 2.24) is 20.6 Å². The maximum Gasteiger partial charge on any atom is 0.451 e. The number of benzene rings is 1. The average molecular weight is 356 g/mol. The molecule has 0 spiro atoms. The Morgan fingerprint density at radius 3 is 2.58 bits per heavy atom. The van der Waals surface area contributed by atoms with Gasteiger partial charge in [-0.3, -0.25) is 14.6 Å². The van der Waals surface area contributed by atoms with Crippen LogP contribution in [-0.4, -0.2) is 51.5 Å². The van der Waals surface area contributed by atoms with Gasteiger partial charge in [-0.2, -0.15) is 0 Å². The van der Waals surface area contributed by atoms with Gasteiger partial charge in [0.05, 0.1) is 6.20 Å². The quantitative estimate of drug-likeness (QED) is 0.364. The first-order valence-electron chi connectivity index (χ1n) is 8.31. The molecule has 0 aliphatic carbocycles. The Hall–Kier alpha value is -2.78. The summed E-state index contributed by atoms with van der Waals surface area (Å²) in [6.45, 7) is 0.281. The number of aromatic nitrogens is 2. The van der Waals surface area contributed by atoms with E-state index in [1.807, 2.05) is 30.3 Å². The van der Waals surface area contributed by atoms with Crippen LogP contribution in [0.3, 0.4) is 0 Å². The highest BCUT2D eigenvalue weighted by atomic mass is 16.4. The zero-order valence-corrected chi connectivity index (χ0v) is 14.2. The van der Waals surface area contributed by atoms with Gasteiger partial charge in [0.15, 0.2) is 0 Å². The Kier molecular flexibility index (Phi) is 7.72. The molecular weight excluding hydrogens is 335 g/mol. The summed E-state index contributed by atoms with van der Waals surface area (Å²) >= 11 is 0. The molecule has 2 aromatic rings. The summed E-state index contributed by atoms with van der Waals surface area (Å²) in [5, 5.41) is 23.1. The SMILES string of the molecule is O=C(N[C@@H](Cc1ccccc1)C(=O)NCCCB(O)O)c1cnccn1. The van der Waals surface area contributed by atoms with Gasteiger partial charge in [0.2, 0.25) is 5.91 Å². The van der Waals surface area contributed by atoms with Crippen molar-refractivity contribution in [3.63, 3.8) is 0 Å². The lowest BCUT2D eigenvalue weighted by molar-refractivity contribution is -0.122. The maximum atomic E-state index is 12.5. The van der Waals surface area contributed by atoms with E-state index in [1.54, 1.807) is 0 Å². The standard InChI is InChI=1S/C17H21BN4O4/c23-16(21-8-4-7-18(25)26)14(11-13-5-2-1-3-6-13)22-17(24)15-12-19-9-10-20-15/h1-3,5-6,9-10,12,14,25-26H,4,7-8,11H2,(H,21,23)(H,22,24)/t14-/m0/s1. The van der Waals surface area contributed by atoms with Crippen molar-refractivity contribution >= 4 is 18.9 Å². The van der Waals surface area contributed by atoms with E-state index in [1.165, 1.54) is 18.6 Å².